The van der Waals surface area contributed by atoms with Gasteiger partial charge >= 0.3 is 0 Å². The fourth-order valence-electron chi connectivity index (χ4n) is 2.18. The molecule has 0 spiro atoms. The van der Waals surface area contributed by atoms with Crippen molar-refractivity contribution in [1.29, 1.82) is 0 Å². The molecule has 2 heterocycles. The minimum atomic E-state index is -0.170. The summed E-state index contributed by atoms with van der Waals surface area (Å²) < 4.78 is 2.90. The number of benzene rings is 1. The smallest absolute Gasteiger partial charge is 0.128 e. The predicted octanol–water partition coefficient (Wildman–Crippen LogP) is 5.75. The van der Waals surface area contributed by atoms with E-state index in [1.165, 1.54) is 4.88 Å². The largest absolute Gasteiger partial charge is 0.321 e. The summed E-state index contributed by atoms with van der Waals surface area (Å²) in [6.45, 7) is 2.63. The second-order valence-electron chi connectivity index (χ2n) is 4.51. The molecule has 3 aromatic rings. The van der Waals surface area contributed by atoms with E-state index >= 15 is 0 Å². The summed E-state index contributed by atoms with van der Waals surface area (Å²) in [5.41, 5.74) is 1.89. The summed E-state index contributed by atoms with van der Waals surface area (Å²) in [5.74, 6) is 0.841. The van der Waals surface area contributed by atoms with Crippen molar-refractivity contribution in [3.05, 3.63) is 50.4 Å². The van der Waals surface area contributed by atoms with Crippen LogP contribution in [0.15, 0.2) is 30.3 Å². The summed E-state index contributed by atoms with van der Waals surface area (Å²) in [6, 6.07) is 9.63. The van der Waals surface area contributed by atoms with Gasteiger partial charge in [0, 0.05) is 9.90 Å². The van der Waals surface area contributed by atoms with E-state index in [0.29, 0.717) is 11.6 Å². The predicted molar refractivity (Wildman–Crippen MR) is 87.4 cm³/mol. The molecule has 0 saturated heterocycles. The van der Waals surface area contributed by atoms with Gasteiger partial charge < -0.3 is 4.57 Å². The Hall–Kier alpha value is -0.740. The van der Waals surface area contributed by atoms with Gasteiger partial charge in [-0.25, -0.2) is 4.98 Å². The fraction of sp³-hybridized carbons (Fsp3) is 0.214. The van der Waals surface area contributed by atoms with Crippen molar-refractivity contribution in [3.63, 3.8) is 0 Å². The fourth-order valence-corrected chi connectivity index (χ4v) is 3.59. The number of aromatic nitrogens is 2. The molecule has 20 heavy (non-hydrogen) atoms. The third-order valence-corrected chi connectivity index (χ3v) is 4.68. The van der Waals surface area contributed by atoms with E-state index in [4.69, 9.17) is 34.8 Å². The average Bonchev–Trinajstić information content (AvgIpc) is 2.94. The average molecular weight is 346 g/mol. The number of hydrogen-bond donors (Lipinski definition) is 0. The van der Waals surface area contributed by atoms with Crippen molar-refractivity contribution in [2.45, 2.75) is 18.8 Å². The third-order valence-electron chi connectivity index (χ3n) is 3.04. The van der Waals surface area contributed by atoms with E-state index in [0.717, 1.165) is 21.2 Å². The maximum absolute atomic E-state index is 6.25. The molecule has 2 nitrogen and oxygen atoms in total. The first-order valence-corrected chi connectivity index (χ1v) is 8.09. The van der Waals surface area contributed by atoms with Crippen molar-refractivity contribution in [1.82, 2.24) is 9.55 Å². The number of hydrogen-bond acceptors (Lipinski definition) is 2. The van der Waals surface area contributed by atoms with E-state index in [1.54, 1.807) is 11.3 Å². The number of imidazole rings is 1. The van der Waals surface area contributed by atoms with Gasteiger partial charge in [-0.1, -0.05) is 23.2 Å². The van der Waals surface area contributed by atoms with Crippen LogP contribution in [-0.4, -0.2) is 9.55 Å². The number of fused-ring (bicyclic) bond motifs is 1. The zero-order valence-corrected chi connectivity index (χ0v) is 13.7. The van der Waals surface area contributed by atoms with Crippen LogP contribution in [0.25, 0.3) is 11.0 Å². The molecule has 0 aliphatic heterocycles. The molecule has 1 aromatic carbocycles. The van der Waals surface area contributed by atoms with E-state index in [-0.39, 0.29) is 5.38 Å². The number of rotatable bonds is 3. The first kappa shape index (κ1) is 14.2. The zero-order valence-electron chi connectivity index (χ0n) is 10.6. The van der Waals surface area contributed by atoms with Crippen LogP contribution in [0.2, 0.25) is 9.36 Å². The molecule has 0 radical (unpaired) electrons. The second kappa shape index (κ2) is 5.57. The van der Waals surface area contributed by atoms with Crippen LogP contribution in [0.1, 0.15) is 23.0 Å². The highest BCUT2D eigenvalue weighted by Gasteiger charge is 2.16. The zero-order chi connectivity index (χ0) is 14.3. The van der Waals surface area contributed by atoms with Crippen molar-refractivity contribution >= 4 is 57.2 Å². The van der Waals surface area contributed by atoms with Crippen molar-refractivity contribution < 1.29 is 0 Å². The topological polar surface area (TPSA) is 17.8 Å². The van der Waals surface area contributed by atoms with Crippen molar-refractivity contribution in [3.8, 4) is 0 Å². The van der Waals surface area contributed by atoms with Crippen LogP contribution in [0, 0.1) is 0 Å². The SMILES string of the molecule is CC(Cl)c1nc2cc(Cl)ccc2n1Cc1ccc(Cl)s1. The van der Waals surface area contributed by atoms with E-state index < -0.39 is 0 Å². The van der Waals surface area contributed by atoms with Gasteiger partial charge in [0.2, 0.25) is 0 Å². The van der Waals surface area contributed by atoms with E-state index in [9.17, 15) is 0 Å². The van der Waals surface area contributed by atoms with Gasteiger partial charge in [0.15, 0.2) is 0 Å². The standard InChI is InChI=1S/C14H11Cl3N2S/c1-8(15)14-18-11-6-9(16)2-4-12(11)19(14)7-10-3-5-13(17)20-10/h2-6,8H,7H2,1H3. The lowest BCUT2D eigenvalue weighted by atomic mass is 10.3. The Morgan fingerprint density at radius 3 is 2.70 bits per heavy atom. The first-order chi connectivity index (χ1) is 9.54. The highest BCUT2D eigenvalue weighted by Crippen LogP contribution is 2.29. The normalized spacial score (nSPS) is 13.0. The lowest BCUT2D eigenvalue weighted by Gasteiger charge is -2.09. The van der Waals surface area contributed by atoms with E-state index in [1.807, 2.05) is 37.3 Å². The monoisotopic (exact) mass is 344 g/mol. The summed E-state index contributed by atoms with van der Waals surface area (Å²) in [4.78, 5) is 5.76. The number of halogens is 3. The van der Waals surface area contributed by atoms with Gasteiger partial charge in [-0.2, -0.15) is 0 Å². The summed E-state index contributed by atoms with van der Waals surface area (Å²) in [6.07, 6.45) is 0. The molecule has 3 rings (SSSR count). The molecule has 0 N–H and O–H groups in total. The minimum Gasteiger partial charge on any atom is -0.321 e. The number of nitrogens with zero attached hydrogens (tertiary/aromatic N) is 2. The molecule has 0 bridgehead atoms. The van der Waals surface area contributed by atoms with Crippen LogP contribution >= 0.6 is 46.1 Å². The third kappa shape index (κ3) is 2.68. The number of thiophene rings is 1. The van der Waals surface area contributed by atoms with Gasteiger partial charge in [0.25, 0.3) is 0 Å². The van der Waals surface area contributed by atoms with Gasteiger partial charge in [-0.3, -0.25) is 0 Å². The second-order valence-corrected chi connectivity index (χ2v) is 7.40. The Kier molecular flexibility index (Phi) is 3.95. The molecule has 6 heteroatoms. The molecule has 1 unspecified atom stereocenters. The Bertz CT molecular complexity index is 761. The lowest BCUT2D eigenvalue weighted by molar-refractivity contribution is 0.750. The Morgan fingerprint density at radius 2 is 2.05 bits per heavy atom. The molecular weight excluding hydrogens is 335 g/mol. The van der Waals surface area contributed by atoms with Crippen molar-refractivity contribution in [2.24, 2.45) is 0 Å². The van der Waals surface area contributed by atoms with Crippen LogP contribution in [0.4, 0.5) is 0 Å². The Labute approximate surface area is 135 Å². The Balaban J connectivity index is 2.13. The number of alkyl halides is 1. The highest BCUT2D eigenvalue weighted by molar-refractivity contribution is 7.16. The molecule has 0 aliphatic rings. The van der Waals surface area contributed by atoms with Gasteiger partial charge in [0.05, 0.1) is 27.3 Å². The van der Waals surface area contributed by atoms with Gasteiger partial charge in [0.1, 0.15) is 5.82 Å². The molecule has 1 atom stereocenters. The highest BCUT2D eigenvalue weighted by atomic mass is 35.5. The van der Waals surface area contributed by atoms with E-state index in [2.05, 4.69) is 9.55 Å². The molecular formula is C14H11Cl3N2S. The Morgan fingerprint density at radius 1 is 1.25 bits per heavy atom. The van der Waals surface area contributed by atoms with Crippen LogP contribution in [-0.2, 0) is 6.54 Å². The summed E-state index contributed by atoms with van der Waals surface area (Å²) in [7, 11) is 0. The molecule has 0 fully saturated rings. The molecule has 2 aromatic heterocycles. The van der Waals surface area contributed by atoms with Crippen LogP contribution in [0.5, 0.6) is 0 Å². The molecule has 0 aliphatic carbocycles. The van der Waals surface area contributed by atoms with Gasteiger partial charge in [-0.05, 0) is 37.3 Å². The molecule has 0 saturated carbocycles. The first-order valence-electron chi connectivity index (χ1n) is 6.08. The maximum atomic E-state index is 6.25. The quantitative estimate of drug-likeness (QED) is 0.552. The lowest BCUT2D eigenvalue weighted by Crippen LogP contribution is -2.04. The molecule has 0 amide bonds. The summed E-state index contributed by atoms with van der Waals surface area (Å²) in [5, 5.41) is 0.506. The van der Waals surface area contributed by atoms with Crippen LogP contribution in [0.3, 0.4) is 0 Å². The summed E-state index contributed by atoms with van der Waals surface area (Å²) >= 11 is 19.8. The van der Waals surface area contributed by atoms with Crippen LogP contribution < -0.4 is 0 Å². The maximum Gasteiger partial charge on any atom is 0.128 e. The molecule has 104 valence electrons. The van der Waals surface area contributed by atoms with Crippen molar-refractivity contribution in [2.75, 3.05) is 0 Å². The minimum absolute atomic E-state index is 0.170. The van der Waals surface area contributed by atoms with Gasteiger partial charge in [-0.15, -0.1) is 22.9 Å².